The Morgan fingerprint density at radius 3 is 2.64 bits per heavy atom. The monoisotopic (exact) mass is 396 g/mol. The fourth-order valence-corrected chi connectivity index (χ4v) is 3.49. The van der Waals surface area contributed by atoms with Crippen molar-refractivity contribution in [1.82, 2.24) is 14.8 Å². The number of para-hydroxylation sites is 1. The Balaban J connectivity index is 1.69. The molecule has 1 amide bonds. The number of halogens is 2. The Labute approximate surface area is 158 Å². The molecule has 6 nitrogen and oxygen atoms in total. The molecule has 3 rings (SSSR count). The van der Waals surface area contributed by atoms with E-state index in [9.17, 15) is 4.79 Å². The third kappa shape index (κ3) is 4.00. The maximum Gasteiger partial charge on any atom is 0.234 e. The van der Waals surface area contributed by atoms with Crippen LogP contribution in [0.5, 0.6) is 0 Å². The van der Waals surface area contributed by atoms with Crippen LogP contribution in [-0.4, -0.2) is 26.4 Å². The van der Waals surface area contributed by atoms with Crippen LogP contribution in [0, 0.1) is 0 Å². The third-order valence-electron chi connectivity index (χ3n) is 3.33. The van der Waals surface area contributed by atoms with E-state index in [0.29, 0.717) is 39.0 Å². The zero-order chi connectivity index (χ0) is 17.8. The van der Waals surface area contributed by atoms with Gasteiger partial charge >= 0.3 is 0 Å². The minimum atomic E-state index is -0.231. The Hall–Kier alpha value is -1.96. The lowest BCUT2D eigenvalue weighted by Crippen LogP contribution is -2.15. The number of carbonyl (C=O) groups excluding carboxylic acids is 1. The molecule has 0 atom stereocenters. The van der Waals surface area contributed by atoms with Gasteiger partial charge in [0.05, 0.1) is 27.7 Å². The molecule has 0 radical (unpaired) electrons. The Morgan fingerprint density at radius 1 is 1.24 bits per heavy atom. The maximum atomic E-state index is 12.2. The van der Waals surface area contributed by atoms with Crippen molar-refractivity contribution >= 4 is 46.6 Å². The highest BCUT2D eigenvalue weighted by molar-refractivity contribution is 7.99. The van der Waals surface area contributed by atoms with Crippen LogP contribution in [0.4, 0.5) is 5.69 Å². The molecule has 0 aliphatic carbocycles. The van der Waals surface area contributed by atoms with Crippen LogP contribution in [-0.2, 0) is 11.3 Å². The van der Waals surface area contributed by atoms with Crippen molar-refractivity contribution in [2.45, 2.75) is 18.6 Å². The average molecular weight is 397 g/mol. The highest BCUT2D eigenvalue weighted by Crippen LogP contribution is 2.30. The van der Waals surface area contributed by atoms with Crippen molar-refractivity contribution in [2.24, 2.45) is 0 Å². The number of hydrogen-bond acceptors (Lipinski definition) is 5. The molecule has 0 bridgehead atoms. The van der Waals surface area contributed by atoms with E-state index in [1.165, 1.54) is 11.8 Å². The van der Waals surface area contributed by atoms with E-state index in [1.54, 1.807) is 30.5 Å². The minimum absolute atomic E-state index is 0.151. The first-order valence-corrected chi connectivity index (χ1v) is 9.18. The zero-order valence-corrected chi connectivity index (χ0v) is 15.5. The largest absolute Gasteiger partial charge is 0.461 e. The van der Waals surface area contributed by atoms with Crippen molar-refractivity contribution in [2.75, 3.05) is 11.1 Å². The molecular weight excluding hydrogens is 383 g/mol. The number of nitrogens with zero attached hydrogens (tertiary/aromatic N) is 3. The molecule has 3 aromatic rings. The number of amides is 1. The van der Waals surface area contributed by atoms with Crippen LogP contribution < -0.4 is 5.32 Å². The van der Waals surface area contributed by atoms with Crippen molar-refractivity contribution in [3.63, 3.8) is 0 Å². The van der Waals surface area contributed by atoms with Crippen molar-refractivity contribution in [3.8, 4) is 11.6 Å². The maximum absolute atomic E-state index is 12.2. The van der Waals surface area contributed by atoms with Gasteiger partial charge in [0.25, 0.3) is 0 Å². The number of nitrogens with one attached hydrogen (secondary N) is 1. The summed E-state index contributed by atoms with van der Waals surface area (Å²) in [7, 11) is 0. The van der Waals surface area contributed by atoms with Crippen LogP contribution in [0.2, 0.25) is 10.0 Å². The third-order valence-corrected chi connectivity index (χ3v) is 4.93. The summed E-state index contributed by atoms with van der Waals surface area (Å²) >= 11 is 13.4. The summed E-state index contributed by atoms with van der Waals surface area (Å²) in [5.74, 6) is 1.18. The van der Waals surface area contributed by atoms with E-state index in [1.807, 2.05) is 17.6 Å². The number of rotatable bonds is 6. The van der Waals surface area contributed by atoms with Gasteiger partial charge in [-0.15, -0.1) is 10.2 Å². The minimum Gasteiger partial charge on any atom is -0.461 e. The molecule has 1 N–H and O–H groups in total. The van der Waals surface area contributed by atoms with E-state index in [4.69, 9.17) is 27.6 Å². The molecule has 0 spiro atoms. The first-order valence-electron chi connectivity index (χ1n) is 7.44. The number of aromatic nitrogens is 3. The van der Waals surface area contributed by atoms with E-state index >= 15 is 0 Å². The van der Waals surface area contributed by atoms with Gasteiger partial charge in [-0.25, -0.2) is 0 Å². The lowest BCUT2D eigenvalue weighted by Gasteiger charge is -2.09. The summed E-state index contributed by atoms with van der Waals surface area (Å²) in [6, 6.07) is 8.66. The van der Waals surface area contributed by atoms with E-state index in [2.05, 4.69) is 15.5 Å². The molecule has 0 saturated carbocycles. The number of benzene rings is 1. The zero-order valence-electron chi connectivity index (χ0n) is 13.2. The molecule has 0 aliphatic heterocycles. The molecule has 25 heavy (non-hydrogen) atoms. The normalized spacial score (nSPS) is 10.8. The van der Waals surface area contributed by atoms with Crippen LogP contribution in [0.25, 0.3) is 11.6 Å². The van der Waals surface area contributed by atoms with Gasteiger partial charge in [-0.1, -0.05) is 41.0 Å². The molecule has 2 heterocycles. The Kier molecular flexibility index (Phi) is 5.67. The van der Waals surface area contributed by atoms with Gasteiger partial charge in [-0.05, 0) is 31.2 Å². The predicted octanol–water partition coefficient (Wildman–Crippen LogP) is 4.60. The molecule has 0 aliphatic rings. The van der Waals surface area contributed by atoms with Crippen molar-refractivity contribution in [3.05, 3.63) is 46.6 Å². The molecule has 0 fully saturated rings. The lowest BCUT2D eigenvalue weighted by molar-refractivity contribution is -0.113. The molecule has 130 valence electrons. The molecule has 0 unspecified atom stereocenters. The van der Waals surface area contributed by atoms with Crippen molar-refractivity contribution < 1.29 is 9.21 Å². The Morgan fingerprint density at radius 2 is 2.00 bits per heavy atom. The average Bonchev–Trinajstić information content (AvgIpc) is 3.25. The molecule has 1 aromatic carbocycles. The van der Waals surface area contributed by atoms with Crippen LogP contribution in [0.15, 0.2) is 46.2 Å². The standard InChI is InChI=1S/C16H14Cl2N4O2S/c1-2-22-15(12-7-4-8-24-12)20-21-16(22)25-9-13(23)19-14-10(17)5-3-6-11(14)18/h3-8H,2,9H2,1H3,(H,19,23). The number of thioether (sulfide) groups is 1. The second kappa shape index (κ2) is 7.95. The second-order valence-electron chi connectivity index (χ2n) is 4.96. The summed E-state index contributed by atoms with van der Waals surface area (Å²) in [5, 5.41) is 12.4. The number of carbonyl (C=O) groups is 1. The first kappa shape index (κ1) is 17.8. The molecule has 2 aromatic heterocycles. The van der Waals surface area contributed by atoms with Gasteiger partial charge in [0.1, 0.15) is 0 Å². The highest BCUT2D eigenvalue weighted by atomic mass is 35.5. The van der Waals surface area contributed by atoms with E-state index < -0.39 is 0 Å². The Bertz CT molecular complexity index is 860. The lowest BCUT2D eigenvalue weighted by atomic mass is 10.3. The van der Waals surface area contributed by atoms with E-state index in [-0.39, 0.29) is 11.7 Å². The summed E-state index contributed by atoms with van der Waals surface area (Å²) in [6.07, 6.45) is 1.58. The summed E-state index contributed by atoms with van der Waals surface area (Å²) < 4.78 is 7.25. The highest BCUT2D eigenvalue weighted by Gasteiger charge is 2.17. The number of hydrogen-bond donors (Lipinski definition) is 1. The summed E-state index contributed by atoms with van der Waals surface area (Å²) in [4.78, 5) is 12.2. The molecule has 9 heteroatoms. The smallest absolute Gasteiger partial charge is 0.234 e. The topological polar surface area (TPSA) is 73.0 Å². The van der Waals surface area contributed by atoms with Gasteiger partial charge in [0.15, 0.2) is 16.7 Å². The van der Waals surface area contributed by atoms with Gasteiger partial charge in [0, 0.05) is 6.54 Å². The van der Waals surface area contributed by atoms with Crippen molar-refractivity contribution in [1.29, 1.82) is 0 Å². The fourth-order valence-electron chi connectivity index (χ4n) is 2.19. The summed E-state index contributed by atoms with van der Waals surface area (Å²) in [6.45, 7) is 2.63. The van der Waals surface area contributed by atoms with Crippen LogP contribution >= 0.6 is 35.0 Å². The number of furan rings is 1. The van der Waals surface area contributed by atoms with Gasteiger partial charge in [-0.3, -0.25) is 9.36 Å². The predicted molar refractivity (Wildman–Crippen MR) is 99.2 cm³/mol. The van der Waals surface area contributed by atoms with Crippen LogP contribution in [0.3, 0.4) is 0 Å². The first-order chi connectivity index (χ1) is 12.1. The number of anilines is 1. The van der Waals surface area contributed by atoms with Crippen LogP contribution in [0.1, 0.15) is 6.92 Å². The van der Waals surface area contributed by atoms with Gasteiger partial charge in [0.2, 0.25) is 5.91 Å². The van der Waals surface area contributed by atoms with E-state index in [0.717, 1.165) is 0 Å². The fraction of sp³-hybridized carbons (Fsp3) is 0.188. The molecular formula is C16H14Cl2N4O2S. The molecule has 0 saturated heterocycles. The summed E-state index contributed by atoms with van der Waals surface area (Å²) in [5.41, 5.74) is 0.407. The quantitative estimate of drug-likeness (QED) is 0.616. The second-order valence-corrected chi connectivity index (χ2v) is 6.72. The SMILES string of the molecule is CCn1c(SCC(=O)Nc2c(Cl)cccc2Cl)nnc1-c1ccco1. The van der Waals surface area contributed by atoms with Gasteiger partial charge < -0.3 is 9.73 Å². The van der Waals surface area contributed by atoms with Gasteiger partial charge in [-0.2, -0.15) is 0 Å².